The summed E-state index contributed by atoms with van der Waals surface area (Å²) in [5.74, 6) is -1.78. The van der Waals surface area contributed by atoms with Gasteiger partial charge in [-0.3, -0.25) is 4.79 Å². The Morgan fingerprint density at radius 1 is 0.919 bits per heavy atom. The van der Waals surface area contributed by atoms with Gasteiger partial charge >= 0.3 is 12.3 Å². The van der Waals surface area contributed by atoms with Gasteiger partial charge in [-0.15, -0.1) is 13.2 Å². The number of carboxylic acid groups (broad SMARTS) is 1. The minimum absolute atomic E-state index is 0.219. The highest BCUT2D eigenvalue weighted by Gasteiger charge is 2.32. The molecule has 1 heterocycles. The first-order valence-electron chi connectivity index (χ1n) is 11.0. The number of nitrogens with zero attached hydrogens (tertiary/aromatic N) is 1. The van der Waals surface area contributed by atoms with Crippen molar-refractivity contribution in [1.29, 1.82) is 0 Å². The lowest BCUT2D eigenvalue weighted by molar-refractivity contribution is -0.274. The number of aliphatic carboxylic acids is 1. The molecule has 3 aromatic carbocycles. The average Bonchev–Trinajstić information content (AvgIpc) is 3.08. The summed E-state index contributed by atoms with van der Waals surface area (Å²) in [6.07, 6.45) is -4.91. The molecule has 0 saturated carbocycles. The van der Waals surface area contributed by atoms with Crippen LogP contribution in [0.15, 0.2) is 66.7 Å². The van der Waals surface area contributed by atoms with Crippen LogP contribution in [0, 0.1) is 6.92 Å². The predicted octanol–water partition coefficient (Wildman–Crippen LogP) is 6.96. The molecular formula is C27H21ClF3NO5. The molecule has 0 aliphatic heterocycles. The number of alkyl halides is 3. The molecule has 192 valence electrons. The molecule has 1 N–H and O–H groups in total. The Labute approximate surface area is 214 Å². The van der Waals surface area contributed by atoms with Crippen LogP contribution >= 0.6 is 11.6 Å². The van der Waals surface area contributed by atoms with Crippen molar-refractivity contribution in [2.24, 2.45) is 0 Å². The summed E-state index contributed by atoms with van der Waals surface area (Å²) in [6.45, 7) is 4.44. The molecule has 0 atom stereocenters. The zero-order chi connectivity index (χ0) is 27.1. The number of ketones is 1. The number of carboxylic acids is 1. The Bertz CT molecular complexity index is 1520. The average molecular weight is 532 g/mol. The van der Waals surface area contributed by atoms with Crippen molar-refractivity contribution < 1.29 is 37.3 Å². The molecule has 0 aliphatic carbocycles. The first kappa shape index (κ1) is 26.1. The molecule has 0 amide bonds. The van der Waals surface area contributed by atoms with Crippen molar-refractivity contribution in [3.63, 3.8) is 0 Å². The van der Waals surface area contributed by atoms with E-state index in [9.17, 15) is 27.9 Å². The van der Waals surface area contributed by atoms with E-state index in [4.69, 9.17) is 16.3 Å². The summed E-state index contributed by atoms with van der Waals surface area (Å²) >= 11 is 6.07. The van der Waals surface area contributed by atoms with Crippen LogP contribution in [0.2, 0.25) is 5.02 Å². The van der Waals surface area contributed by atoms with Gasteiger partial charge in [-0.05, 0) is 57.2 Å². The van der Waals surface area contributed by atoms with E-state index in [1.807, 2.05) is 0 Å². The van der Waals surface area contributed by atoms with E-state index in [0.717, 1.165) is 6.07 Å². The highest BCUT2D eigenvalue weighted by Crippen LogP contribution is 2.36. The summed E-state index contributed by atoms with van der Waals surface area (Å²) in [6, 6.07) is 16.5. The number of aromatic nitrogens is 1. The van der Waals surface area contributed by atoms with Crippen LogP contribution in [0.1, 0.15) is 35.5 Å². The van der Waals surface area contributed by atoms with E-state index in [2.05, 4.69) is 4.74 Å². The van der Waals surface area contributed by atoms with Gasteiger partial charge < -0.3 is 19.1 Å². The van der Waals surface area contributed by atoms with Crippen molar-refractivity contribution in [1.82, 2.24) is 4.57 Å². The second kappa shape index (κ2) is 9.48. The van der Waals surface area contributed by atoms with Gasteiger partial charge in [0.15, 0.2) is 11.4 Å². The molecule has 0 saturated heterocycles. The SMILES string of the molecule is Cc1c(C(=O)c2cccc(Cl)c2)c2ccc(OC(F)(F)F)cc2n1-c1cccc(OC(C)(C)C(=O)O)c1. The molecule has 0 radical (unpaired) electrons. The van der Waals surface area contributed by atoms with Gasteiger partial charge in [0.2, 0.25) is 0 Å². The zero-order valence-electron chi connectivity index (χ0n) is 19.9. The summed E-state index contributed by atoms with van der Waals surface area (Å²) in [5, 5.41) is 10.2. The fourth-order valence-electron chi connectivity index (χ4n) is 4.01. The van der Waals surface area contributed by atoms with Crippen molar-refractivity contribution in [2.45, 2.75) is 32.7 Å². The monoisotopic (exact) mass is 531 g/mol. The molecule has 0 spiro atoms. The van der Waals surface area contributed by atoms with Crippen LogP contribution in [0.25, 0.3) is 16.6 Å². The van der Waals surface area contributed by atoms with Crippen molar-refractivity contribution in [2.75, 3.05) is 0 Å². The van der Waals surface area contributed by atoms with E-state index in [1.165, 1.54) is 32.0 Å². The Balaban J connectivity index is 1.93. The van der Waals surface area contributed by atoms with Crippen LogP contribution in [-0.2, 0) is 4.79 Å². The van der Waals surface area contributed by atoms with E-state index in [1.54, 1.807) is 54.0 Å². The van der Waals surface area contributed by atoms with Crippen LogP contribution < -0.4 is 9.47 Å². The largest absolute Gasteiger partial charge is 0.573 e. The van der Waals surface area contributed by atoms with Gasteiger partial charge in [-0.1, -0.05) is 29.8 Å². The minimum Gasteiger partial charge on any atom is -0.478 e. The van der Waals surface area contributed by atoms with Gasteiger partial charge in [-0.2, -0.15) is 0 Å². The summed E-state index contributed by atoms with van der Waals surface area (Å²) in [4.78, 5) is 25.1. The van der Waals surface area contributed by atoms with Gasteiger partial charge in [0.25, 0.3) is 0 Å². The third-order valence-electron chi connectivity index (χ3n) is 5.69. The van der Waals surface area contributed by atoms with E-state index in [-0.39, 0.29) is 22.6 Å². The maximum atomic E-state index is 13.5. The second-order valence-corrected chi connectivity index (χ2v) is 9.21. The molecule has 37 heavy (non-hydrogen) atoms. The molecule has 0 fully saturated rings. The number of benzene rings is 3. The van der Waals surface area contributed by atoms with E-state index < -0.39 is 23.7 Å². The first-order valence-corrected chi connectivity index (χ1v) is 11.4. The van der Waals surface area contributed by atoms with Crippen LogP contribution in [0.3, 0.4) is 0 Å². The van der Waals surface area contributed by atoms with Crippen LogP contribution in [0.4, 0.5) is 13.2 Å². The molecule has 4 rings (SSSR count). The Kier molecular flexibility index (Phi) is 6.68. The zero-order valence-corrected chi connectivity index (χ0v) is 20.6. The van der Waals surface area contributed by atoms with E-state index >= 15 is 0 Å². The molecular weight excluding hydrogens is 511 g/mol. The Morgan fingerprint density at radius 3 is 2.24 bits per heavy atom. The molecule has 10 heteroatoms. The maximum absolute atomic E-state index is 13.5. The maximum Gasteiger partial charge on any atom is 0.573 e. The predicted molar refractivity (Wildman–Crippen MR) is 132 cm³/mol. The lowest BCUT2D eigenvalue weighted by Gasteiger charge is -2.22. The second-order valence-electron chi connectivity index (χ2n) is 8.78. The Hall–Kier alpha value is -3.98. The van der Waals surface area contributed by atoms with Crippen LogP contribution in [-0.4, -0.2) is 33.4 Å². The highest BCUT2D eigenvalue weighted by atomic mass is 35.5. The summed E-state index contributed by atoms with van der Waals surface area (Å²) in [7, 11) is 0. The van der Waals surface area contributed by atoms with Crippen molar-refractivity contribution in [3.05, 3.63) is 88.6 Å². The first-order chi connectivity index (χ1) is 17.3. The fourth-order valence-corrected chi connectivity index (χ4v) is 4.20. The highest BCUT2D eigenvalue weighted by molar-refractivity contribution is 6.31. The number of halogens is 4. The van der Waals surface area contributed by atoms with Crippen LogP contribution in [0.5, 0.6) is 11.5 Å². The molecule has 6 nitrogen and oxygen atoms in total. The molecule has 0 aliphatic rings. The van der Waals surface area contributed by atoms with Gasteiger partial charge in [0.05, 0.1) is 11.1 Å². The number of fused-ring (bicyclic) bond motifs is 1. The lowest BCUT2D eigenvalue weighted by atomic mass is 10.0. The van der Waals surface area contributed by atoms with Crippen molar-refractivity contribution in [3.8, 4) is 17.2 Å². The Morgan fingerprint density at radius 2 is 1.59 bits per heavy atom. The van der Waals surface area contributed by atoms with Gasteiger partial charge in [0, 0.05) is 39.5 Å². The summed E-state index contributed by atoms with van der Waals surface area (Å²) < 4.78 is 50.2. The topological polar surface area (TPSA) is 77.8 Å². The number of hydrogen-bond acceptors (Lipinski definition) is 4. The molecule has 0 bridgehead atoms. The van der Waals surface area contributed by atoms with E-state index in [0.29, 0.717) is 27.4 Å². The number of rotatable bonds is 7. The molecule has 0 unspecified atom stereocenters. The number of carbonyl (C=O) groups is 2. The molecule has 4 aromatic rings. The third kappa shape index (κ3) is 5.41. The number of ether oxygens (including phenoxy) is 2. The minimum atomic E-state index is -4.91. The van der Waals surface area contributed by atoms with Crippen molar-refractivity contribution >= 4 is 34.3 Å². The normalized spacial score (nSPS) is 12.0. The number of hydrogen-bond donors (Lipinski definition) is 1. The fraction of sp³-hybridized carbons (Fsp3) is 0.185. The van der Waals surface area contributed by atoms with Gasteiger partial charge in [-0.25, -0.2) is 4.79 Å². The lowest BCUT2D eigenvalue weighted by Crippen LogP contribution is -2.37. The quantitative estimate of drug-likeness (QED) is 0.261. The smallest absolute Gasteiger partial charge is 0.478 e. The summed E-state index contributed by atoms with van der Waals surface area (Å²) in [5.41, 5.74) is 0.209. The third-order valence-corrected chi connectivity index (χ3v) is 5.92. The standard InChI is InChI=1S/C27H21ClF3NO5/c1-15-23(24(33)16-6-4-7-17(28)12-16)21-11-10-20(37-27(29,30)31)14-22(21)32(15)18-8-5-9-19(13-18)36-26(2,3)25(34)35/h4-14H,1-3H3,(H,34,35). The van der Waals surface area contributed by atoms with Gasteiger partial charge in [0.1, 0.15) is 11.5 Å². The number of carbonyl (C=O) groups excluding carboxylic acids is 1. The molecule has 1 aromatic heterocycles.